The second-order valence-electron chi connectivity index (χ2n) is 4.97. The molecule has 0 aromatic carbocycles. The summed E-state index contributed by atoms with van der Waals surface area (Å²) in [6, 6.07) is 0.905. The quantitative estimate of drug-likeness (QED) is 0.636. The van der Waals surface area contributed by atoms with Crippen LogP contribution in [-0.2, 0) is 0 Å². The average molecular weight is 212 g/mol. The number of hydrogen-bond donors (Lipinski definition) is 1. The molecule has 2 heteroatoms. The van der Waals surface area contributed by atoms with Gasteiger partial charge in [0.2, 0.25) is 0 Å². The summed E-state index contributed by atoms with van der Waals surface area (Å²) in [5.74, 6) is 0.729. The first-order valence-electron chi connectivity index (χ1n) is 6.75. The molecule has 1 aliphatic rings. The molecule has 1 aliphatic carbocycles. The van der Waals surface area contributed by atoms with Gasteiger partial charge in [-0.25, -0.2) is 0 Å². The zero-order chi connectivity index (χ0) is 11.1. The van der Waals surface area contributed by atoms with Gasteiger partial charge in [0.15, 0.2) is 0 Å². The van der Waals surface area contributed by atoms with Crippen LogP contribution in [0.5, 0.6) is 0 Å². The van der Waals surface area contributed by atoms with Crippen molar-refractivity contribution in [1.29, 1.82) is 0 Å². The molecular weight excluding hydrogens is 184 g/mol. The zero-order valence-corrected chi connectivity index (χ0v) is 10.5. The van der Waals surface area contributed by atoms with Crippen LogP contribution >= 0.6 is 0 Å². The normalized spacial score (nSPS) is 18.4. The van der Waals surface area contributed by atoms with Gasteiger partial charge >= 0.3 is 0 Å². The Balaban J connectivity index is 2.27. The van der Waals surface area contributed by atoms with Crippen LogP contribution in [0.1, 0.15) is 52.4 Å². The first kappa shape index (κ1) is 13.0. The maximum absolute atomic E-state index is 5.83. The minimum atomic E-state index is 0.729. The Labute approximate surface area is 95.2 Å². The van der Waals surface area contributed by atoms with Crippen molar-refractivity contribution in [3.63, 3.8) is 0 Å². The van der Waals surface area contributed by atoms with Crippen LogP contribution in [0.2, 0.25) is 0 Å². The molecular formula is C13H28N2. The Morgan fingerprint density at radius 2 is 2.00 bits per heavy atom. The second-order valence-corrected chi connectivity index (χ2v) is 4.97. The topological polar surface area (TPSA) is 29.3 Å². The predicted octanol–water partition coefficient (Wildman–Crippen LogP) is 2.63. The van der Waals surface area contributed by atoms with E-state index >= 15 is 0 Å². The highest BCUT2D eigenvalue weighted by Crippen LogP contribution is 2.28. The number of nitrogens with two attached hydrogens (primary N) is 1. The molecule has 90 valence electrons. The molecule has 2 nitrogen and oxygen atoms in total. The number of unbranched alkanes of at least 4 members (excludes halogenated alkanes) is 1. The summed E-state index contributed by atoms with van der Waals surface area (Å²) >= 11 is 0. The lowest BCUT2D eigenvalue weighted by atomic mass is 10.0. The maximum atomic E-state index is 5.83. The molecule has 0 bridgehead atoms. The van der Waals surface area contributed by atoms with E-state index in [1.807, 2.05) is 0 Å². The van der Waals surface area contributed by atoms with Gasteiger partial charge in [0.05, 0.1) is 0 Å². The third kappa shape index (κ3) is 4.98. The highest BCUT2D eigenvalue weighted by atomic mass is 15.2. The van der Waals surface area contributed by atoms with E-state index in [0.717, 1.165) is 18.5 Å². The molecule has 0 radical (unpaired) electrons. The van der Waals surface area contributed by atoms with Gasteiger partial charge in [0, 0.05) is 12.6 Å². The Kier molecular flexibility index (Phi) is 6.26. The van der Waals surface area contributed by atoms with Crippen LogP contribution in [0.25, 0.3) is 0 Å². The molecule has 1 unspecified atom stereocenters. The van der Waals surface area contributed by atoms with Crippen molar-refractivity contribution in [2.24, 2.45) is 11.7 Å². The van der Waals surface area contributed by atoms with E-state index in [2.05, 4.69) is 18.7 Å². The Morgan fingerprint density at radius 1 is 1.27 bits per heavy atom. The van der Waals surface area contributed by atoms with E-state index in [0.29, 0.717) is 0 Å². The molecule has 1 rings (SSSR count). The highest BCUT2D eigenvalue weighted by molar-refractivity contribution is 4.85. The molecule has 1 atom stereocenters. The molecule has 0 heterocycles. The van der Waals surface area contributed by atoms with E-state index in [1.165, 1.54) is 51.6 Å². The van der Waals surface area contributed by atoms with Crippen LogP contribution in [0, 0.1) is 5.92 Å². The van der Waals surface area contributed by atoms with Crippen molar-refractivity contribution in [3.8, 4) is 0 Å². The van der Waals surface area contributed by atoms with Crippen LogP contribution in [-0.4, -0.2) is 30.6 Å². The Bertz CT molecular complexity index is 155. The Morgan fingerprint density at radius 3 is 2.47 bits per heavy atom. The largest absolute Gasteiger partial charge is 0.330 e. The molecule has 0 amide bonds. The van der Waals surface area contributed by atoms with Crippen LogP contribution in [0.4, 0.5) is 0 Å². The average Bonchev–Trinajstić information content (AvgIpc) is 3.06. The standard InChI is InChI=1S/C13H28N2/c1-3-5-9-15(13-7-8-13)11-12(10-14)6-4-2/h12-13H,3-11,14H2,1-2H3. The zero-order valence-electron chi connectivity index (χ0n) is 10.5. The van der Waals surface area contributed by atoms with Gasteiger partial charge in [-0.15, -0.1) is 0 Å². The SMILES string of the molecule is CCCCN(CC(CN)CCC)C1CC1. The van der Waals surface area contributed by atoms with Gasteiger partial charge in [-0.2, -0.15) is 0 Å². The minimum Gasteiger partial charge on any atom is -0.330 e. The number of nitrogens with zero attached hydrogens (tertiary/aromatic N) is 1. The van der Waals surface area contributed by atoms with Crippen LogP contribution in [0.15, 0.2) is 0 Å². The van der Waals surface area contributed by atoms with Crippen molar-refractivity contribution in [2.45, 2.75) is 58.4 Å². The van der Waals surface area contributed by atoms with Crippen LogP contribution in [0.3, 0.4) is 0 Å². The van der Waals surface area contributed by atoms with Gasteiger partial charge in [0.25, 0.3) is 0 Å². The van der Waals surface area contributed by atoms with Crippen molar-refractivity contribution in [3.05, 3.63) is 0 Å². The molecule has 1 saturated carbocycles. The molecule has 0 aromatic heterocycles. The lowest BCUT2D eigenvalue weighted by molar-refractivity contribution is 0.214. The van der Waals surface area contributed by atoms with E-state index in [-0.39, 0.29) is 0 Å². The predicted molar refractivity (Wildman–Crippen MR) is 67.0 cm³/mol. The molecule has 1 fully saturated rings. The highest BCUT2D eigenvalue weighted by Gasteiger charge is 2.29. The molecule has 2 N–H and O–H groups in total. The lowest BCUT2D eigenvalue weighted by Gasteiger charge is -2.26. The summed E-state index contributed by atoms with van der Waals surface area (Å²) in [5, 5.41) is 0. The van der Waals surface area contributed by atoms with Gasteiger partial charge in [-0.05, 0) is 44.7 Å². The van der Waals surface area contributed by atoms with Crippen molar-refractivity contribution in [2.75, 3.05) is 19.6 Å². The summed E-state index contributed by atoms with van der Waals surface area (Å²) in [7, 11) is 0. The number of rotatable bonds is 9. The summed E-state index contributed by atoms with van der Waals surface area (Å²) in [6.45, 7) is 7.94. The summed E-state index contributed by atoms with van der Waals surface area (Å²) < 4.78 is 0. The summed E-state index contributed by atoms with van der Waals surface area (Å²) in [6.07, 6.45) is 8.07. The van der Waals surface area contributed by atoms with E-state index in [1.54, 1.807) is 0 Å². The van der Waals surface area contributed by atoms with Crippen molar-refractivity contribution < 1.29 is 0 Å². The molecule has 0 aliphatic heterocycles. The van der Waals surface area contributed by atoms with Gasteiger partial charge in [0.1, 0.15) is 0 Å². The molecule has 0 aromatic rings. The lowest BCUT2D eigenvalue weighted by Crippen LogP contribution is -2.35. The van der Waals surface area contributed by atoms with Gasteiger partial charge in [-0.3, -0.25) is 0 Å². The van der Waals surface area contributed by atoms with E-state index in [9.17, 15) is 0 Å². The molecule has 15 heavy (non-hydrogen) atoms. The molecule has 0 saturated heterocycles. The maximum Gasteiger partial charge on any atom is 0.00965 e. The Hall–Kier alpha value is -0.0800. The van der Waals surface area contributed by atoms with Gasteiger partial charge in [-0.1, -0.05) is 26.7 Å². The fourth-order valence-electron chi connectivity index (χ4n) is 2.25. The number of hydrogen-bond acceptors (Lipinski definition) is 2. The minimum absolute atomic E-state index is 0.729. The smallest absolute Gasteiger partial charge is 0.00965 e. The fraction of sp³-hybridized carbons (Fsp3) is 1.00. The third-order valence-corrected chi connectivity index (χ3v) is 3.39. The van der Waals surface area contributed by atoms with Crippen molar-refractivity contribution in [1.82, 2.24) is 4.90 Å². The first-order chi connectivity index (χ1) is 7.31. The summed E-state index contributed by atoms with van der Waals surface area (Å²) in [5.41, 5.74) is 5.83. The van der Waals surface area contributed by atoms with E-state index < -0.39 is 0 Å². The summed E-state index contributed by atoms with van der Waals surface area (Å²) in [4.78, 5) is 2.69. The second kappa shape index (κ2) is 7.24. The monoisotopic (exact) mass is 212 g/mol. The first-order valence-corrected chi connectivity index (χ1v) is 6.75. The fourth-order valence-corrected chi connectivity index (χ4v) is 2.25. The van der Waals surface area contributed by atoms with Gasteiger partial charge < -0.3 is 10.6 Å². The molecule has 0 spiro atoms. The van der Waals surface area contributed by atoms with Crippen molar-refractivity contribution >= 4 is 0 Å². The van der Waals surface area contributed by atoms with E-state index in [4.69, 9.17) is 5.73 Å². The van der Waals surface area contributed by atoms with Crippen LogP contribution < -0.4 is 5.73 Å². The third-order valence-electron chi connectivity index (χ3n) is 3.39.